The van der Waals surface area contributed by atoms with Gasteiger partial charge in [-0.3, -0.25) is 4.99 Å². The molecule has 66 valence electrons. The normalized spacial score (nSPS) is 20.9. The number of nitrogens with zero attached hydrogens (tertiary/aromatic N) is 1. The summed E-state index contributed by atoms with van der Waals surface area (Å²) < 4.78 is 0. The first kappa shape index (κ1) is 8.02. The second-order valence-corrected chi connectivity index (χ2v) is 3.16. The van der Waals surface area contributed by atoms with E-state index in [0.29, 0.717) is 17.8 Å². The molecule has 2 rings (SSSR count). The van der Waals surface area contributed by atoms with Gasteiger partial charge in [0, 0.05) is 24.1 Å². The Balaban J connectivity index is 2.41. The third-order valence-corrected chi connectivity index (χ3v) is 2.34. The minimum absolute atomic E-state index is 0.582. The molecular weight excluding hydrogens is 164 g/mol. The molecule has 1 aliphatic heterocycles. The predicted octanol–water partition coefficient (Wildman–Crippen LogP) is 0.762. The Hall–Kier alpha value is -1.60. The predicted molar refractivity (Wildman–Crippen MR) is 51.1 cm³/mol. The Morgan fingerprint density at radius 3 is 3.08 bits per heavy atom. The molecule has 2 N–H and O–H groups in total. The van der Waals surface area contributed by atoms with Crippen LogP contribution in [0, 0.1) is 0 Å². The first-order valence-corrected chi connectivity index (χ1v) is 4.25. The zero-order valence-corrected chi connectivity index (χ0v) is 7.21. The van der Waals surface area contributed by atoms with Crippen LogP contribution in [-0.2, 0) is 4.79 Å². The highest BCUT2D eigenvalue weighted by Crippen LogP contribution is 2.26. The zero-order valence-electron chi connectivity index (χ0n) is 7.21. The number of rotatable bonds is 0. The van der Waals surface area contributed by atoms with Crippen molar-refractivity contribution in [1.29, 1.82) is 0 Å². The van der Waals surface area contributed by atoms with Gasteiger partial charge in [-0.1, -0.05) is 6.08 Å². The maximum Gasteiger partial charge on any atom is 0.128 e. The highest BCUT2D eigenvalue weighted by Gasteiger charge is 2.17. The van der Waals surface area contributed by atoms with Gasteiger partial charge < -0.3 is 5.73 Å². The molecule has 1 heterocycles. The van der Waals surface area contributed by atoms with Crippen molar-refractivity contribution in [3.8, 4) is 0 Å². The number of aliphatic imine (C=N–C) groups is 1. The number of hydrogen-bond acceptors (Lipinski definition) is 3. The summed E-state index contributed by atoms with van der Waals surface area (Å²) in [5.41, 5.74) is 8.59. The van der Waals surface area contributed by atoms with E-state index in [9.17, 15) is 4.79 Å². The van der Waals surface area contributed by atoms with E-state index in [2.05, 4.69) is 4.99 Å². The Morgan fingerprint density at radius 2 is 2.31 bits per heavy atom. The Labute approximate surface area is 76.3 Å². The fourth-order valence-electron chi connectivity index (χ4n) is 1.62. The molecule has 0 aromatic carbocycles. The summed E-state index contributed by atoms with van der Waals surface area (Å²) in [7, 11) is 0. The van der Waals surface area contributed by atoms with Gasteiger partial charge in [0.2, 0.25) is 0 Å². The minimum Gasteiger partial charge on any atom is -0.384 e. The SMILES string of the molecule is NC1=NCCC2=C1CC(=C=O)C=C2. The smallest absolute Gasteiger partial charge is 0.128 e. The van der Waals surface area contributed by atoms with Crippen LogP contribution in [0.25, 0.3) is 0 Å². The number of hydrogen-bond donors (Lipinski definition) is 1. The summed E-state index contributed by atoms with van der Waals surface area (Å²) in [5.74, 6) is 2.47. The molecule has 0 saturated heterocycles. The van der Waals surface area contributed by atoms with Gasteiger partial charge in [0.05, 0.1) is 0 Å². The Morgan fingerprint density at radius 1 is 1.46 bits per heavy atom. The molecule has 0 aromatic rings. The van der Waals surface area contributed by atoms with Crippen LogP contribution in [-0.4, -0.2) is 18.3 Å². The van der Waals surface area contributed by atoms with Crippen LogP contribution < -0.4 is 5.73 Å². The van der Waals surface area contributed by atoms with Gasteiger partial charge in [-0.15, -0.1) is 0 Å². The highest BCUT2D eigenvalue weighted by atomic mass is 16.1. The van der Waals surface area contributed by atoms with Gasteiger partial charge in [-0.05, 0) is 18.1 Å². The van der Waals surface area contributed by atoms with Crippen LogP contribution in [0.4, 0.5) is 0 Å². The van der Waals surface area contributed by atoms with Crippen LogP contribution >= 0.6 is 0 Å². The summed E-state index contributed by atoms with van der Waals surface area (Å²) in [5, 5.41) is 0. The largest absolute Gasteiger partial charge is 0.384 e. The summed E-state index contributed by atoms with van der Waals surface area (Å²) in [6.45, 7) is 0.759. The molecule has 0 saturated carbocycles. The summed E-state index contributed by atoms with van der Waals surface area (Å²) in [4.78, 5) is 14.6. The molecular formula is C10H10N2O. The minimum atomic E-state index is 0.582. The number of carbonyl (C=O) groups excluding carboxylic acids is 1. The lowest BCUT2D eigenvalue weighted by Crippen LogP contribution is -2.22. The number of allylic oxidation sites excluding steroid dienone is 3. The van der Waals surface area contributed by atoms with Crippen molar-refractivity contribution in [2.45, 2.75) is 12.8 Å². The van der Waals surface area contributed by atoms with Crippen LogP contribution in [0.5, 0.6) is 0 Å². The van der Waals surface area contributed by atoms with Gasteiger partial charge in [-0.2, -0.15) is 0 Å². The second-order valence-electron chi connectivity index (χ2n) is 3.16. The van der Waals surface area contributed by atoms with Gasteiger partial charge in [0.25, 0.3) is 0 Å². The fourth-order valence-corrected chi connectivity index (χ4v) is 1.62. The summed E-state index contributed by atoms with van der Waals surface area (Å²) >= 11 is 0. The lowest BCUT2D eigenvalue weighted by Gasteiger charge is -2.19. The molecule has 0 bridgehead atoms. The lowest BCUT2D eigenvalue weighted by molar-refractivity contribution is 0.567. The van der Waals surface area contributed by atoms with E-state index in [4.69, 9.17) is 5.73 Å². The standard InChI is InChI=1S/C10H10N2O/c11-10-9-5-7(6-13)1-2-8(9)3-4-12-10/h1-2H,3-5H2,(H2,11,12). The van der Waals surface area contributed by atoms with Gasteiger partial charge in [0.1, 0.15) is 11.8 Å². The molecule has 0 fully saturated rings. The maximum atomic E-state index is 10.4. The molecule has 0 spiro atoms. The molecule has 3 nitrogen and oxygen atoms in total. The van der Waals surface area contributed by atoms with Crippen LogP contribution in [0.15, 0.2) is 33.9 Å². The number of dihydropyridines is 1. The van der Waals surface area contributed by atoms with E-state index >= 15 is 0 Å². The molecule has 13 heavy (non-hydrogen) atoms. The lowest BCUT2D eigenvalue weighted by atomic mass is 9.90. The van der Waals surface area contributed by atoms with Crippen molar-refractivity contribution in [2.24, 2.45) is 10.7 Å². The van der Waals surface area contributed by atoms with Gasteiger partial charge in [-0.25, -0.2) is 4.79 Å². The first-order chi connectivity index (χ1) is 6.31. The molecule has 1 aliphatic carbocycles. The van der Waals surface area contributed by atoms with E-state index in [0.717, 1.165) is 18.5 Å². The second kappa shape index (κ2) is 3.04. The molecule has 3 heteroatoms. The fraction of sp³-hybridized carbons (Fsp3) is 0.300. The topological polar surface area (TPSA) is 55.4 Å². The molecule has 2 aliphatic rings. The molecule has 0 amide bonds. The van der Waals surface area contributed by atoms with Crippen LogP contribution in [0.1, 0.15) is 12.8 Å². The third-order valence-electron chi connectivity index (χ3n) is 2.34. The van der Waals surface area contributed by atoms with Gasteiger partial charge >= 0.3 is 0 Å². The number of amidine groups is 1. The van der Waals surface area contributed by atoms with E-state index in [1.165, 1.54) is 5.57 Å². The van der Waals surface area contributed by atoms with Crippen molar-refractivity contribution in [1.82, 2.24) is 0 Å². The molecule has 0 unspecified atom stereocenters. The van der Waals surface area contributed by atoms with Crippen molar-refractivity contribution in [2.75, 3.05) is 6.54 Å². The van der Waals surface area contributed by atoms with Crippen LogP contribution in [0.3, 0.4) is 0 Å². The molecule has 0 aromatic heterocycles. The summed E-state index contributed by atoms with van der Waals surface area (Å²) in [6.07, 6.45) is 5.27. The zero-order chi connectivity index (χ0) is 9.26. The van der Waals surface area contributed by atoms with Crippen molar-refractivity contribution in [3.63, 3.8) is 0 Å². The van der Waals surface area contributed by atoms with E-state index in [1.54, 1.807) is 0 Å². The molecule has 0 radical (unpaired) electrons. The van der Waals surface area contributed by atoms with E-state index in [1.807, 2.05) is 18.1 Å². The Kier molecular flexibility index (Phi) is 1.87. The number of nitrogens with two attached hydrogens (primary N) is 1. The maximum absolute atomic E-state index is 10.4. The average molecular weight is 174 g/mol. The monoisotopic (exact) mass is 174 g/mol. The van der Waals surface area contributed by atoms with Crippen LogP contribution in [0.2, 0.25) is 0 Å². The van der Waals surface area contributed by atoms with E-state index in [-0.39, 0.29) is 0 Å². The quantitative estimate of drug-likeness (QED) is 0.551. The van der Waals surface area contributed by atoms with Crippen molar-refractivity contribution in [3.05, 3.63) is 28.9 Å². The average Bonchev–Trinajstić information content (AvgIpc) is 2.18. The highest BCUT2D eigenvalue weighted by molar-refractivity contribution is 6.00. The van der Waals surface area contributed by atoms with Crippen molar-refractivity contribution >= 4 is 11.8 Å². The Bertz CT molecular complexity index is 382. The molecule has 0 atom stereocenters. The van der Waals surface area contributed by atoms with Crippen molar-refractivity contribution < 1.29 is 4.79 Å². The summed E-state index contributed by atoms with van der Waals surface area (Å²) in [6, 6.07) is 0. The third kappa shape index (κ3) is 1.34. The van der Waals surface area contributed by atoms with E-state index < -0.39 is 0 Å². The first-order valence-electron chi connectivity index (χ1n) is 4.25. The van der Waals surface area contributed by atoms with Gasteiger partial charge in [0.15, 0.2) is 0 Å².